The quantitative estimate of drug-likeness (QED) is 0.416. The van der Waals surface area contributed by atoms with Gasteiger partial charge in [0.05, 0.1) is 0 Å². The van der Waals surface area contributed by atoms with E-state index in [0.29, 0.717) is 10.3 Å². The van der Waals surface area contributed by atoms with E-state index >= 15 is 0 Å². The van der Waals surface area contributed by atoms with Gasteiger partial charge in [0.15, 0.2) is 10.3 Å². The zero-order valence-electron chi connectivity index (χ0n) is 7.99. The Bertz CT molecular complexity index is 171. The van der Waals surface area contributed by atoms with Crippen LogP contribution in [0.3, 0.4) is 0 Å². The minimum Gasteiger partial charge on any atom is -0.379 e. The van der Waals surface area contributed by atoms with Gasteiger partial charge in [0, 0.05) is 25.6 Å². The van der Waals surface area contributed by atoms with Crippen LogP contribution in [0.5, 0.6) is 0 Å². The van der Waals surface area contributed by atoms with Crippen LogP contribution in [0.2, 0.25) is 0 Å². The smallest absolute Gasteiger partial charge is 0.153 e. The fourth-order valence-electron chi connectivity index (χ4n) is 0.542. The highest BCUT2D eigenvalue weighted by molar-refractivity contribution is 8.14. The Hall–Kier alpha value is -0.360. The summed E-state index contributed by atoms with van der Waals surface area (Å²) in [6.07, 6.45) is 1.06. The Morgan fingerprint density at radius 1 is 1.00 bits per heavy atom. The standard InChI is InChI=1S/C7H16N4S2/c1-10-6(8)12-4-3-5-13-7(9)11-2/h3-5H2,1-2H3,(H2,8,10)(H2,9,11). The first-order valence-corrected chi connectivity index (χ1v) is 5.88. The fourth-order valence-corrected chi connectivity index (χ4v) is 1.98. The van der Waals surface area contributed by atoms with Gasteiger partial charge in [-0.15, -0.1) is 0 Å². The van der Waals surface area contributed by atoms with E-state index in [0.717, 1.165) is 17.9 Å². The summed E-state index contributed by atoms with van der Waals surface area (Å²) in [7, 11) is 3.39. The SMILES string of the molecule is CN=C(N)SCCCSC(N)=NC. The Morgan fingerprint density at radius 2 is 1.38 bits per heavy atom. The van der Waals surface area contributed by atoms with E-state index in [-0.39, 0.29) is 0 Å². The molecule has 0 fully saturated rings. The molecule has 4 N–H and O–H groups in total. The normalized spacial score (nSPS) is 13.4. The van der Waals surface area contributed by atoms with Crippen molar-refractivity contribution in [2.45, 2.75) is 6.42 Å². The molecule has 0 aromatic rings. The molecule has 13 heavy (non-hydrogen) atoms. The van der Waals surface area contributed by atoms with Crippen molar-refractivity contribution in [2.24, 2.45) is 21.5 Å². The number of thioether (sulfide) groups is 2. The van der Waals surface area contributed by atoms with Crippen molar-refractivity contribution in [1.82, 2.24) is 0 Å². The zero-order valence-corrected chi connectivity index (χ0v) is 9.62. The highest BCUT2D eigenvalue weighted by Gasteiger charge is 1.95. The van der Waals surface area contributed by atoms with Crippen LogP contribution in [-0.4, -0.2) is 35.9 Å². The molecule has 0 atom stereocenters. The maximum absolute atomic E-state index is 5.50. The third-order valence-corrected chi connectivity index (χ3v) is 3.17. The summed E-state index contributed by atoms with van der Waals surface area (Å²) in [6, 6.07) is 0. The van der Waals surface area contributed by atoms with Crippen molar-refractivity contribution >= 4 is 33.9 Å². The van der Waals surface area contributed by atoms with Gasteiger partial charge < -0.3 is 11.5 Å². The second-order valence-electron chi connectivity index (χ2n) is 2.17. The van der Waals surface area contributed by atoms with Gasteiger partial charge in [0.25, 0.3) is 0 Å². The molecule has 0 aliphatic carbocycles. The van der Waals surface area contributed by atoms with Crippen molar-refractivity contribution in [2.75, 3.05) is 25.6 Å². The lowest BCUT2D eigenvalue weighted by Crippen LogP contribution is -2.08. The van der Waals surface area contributed by atoms with E-state index < -0.39 is 0 Å². The monoisotopic (exact) mass is 220 g/mol. The van der Waals surface area contributed by atoms with Gasteiger partial charge in [-0.2, -0.15) is 0 Å². The van der Waals surface area contributed by atoms with Gasteiger partial charge in [-0.25, -0.2) is 0 Å². The predicted molar refractivity (Wildman–Crippen MR) is 64.6 cm³/mol. The first-order chi connectivity index (χ1) is 6.20. The Kier molecular flexibility index (Phi) is 8.02. The molecule has 76 valence electrons. The largest absolute Gasteiger partial charge is 0.379 e. The molecule has 0 amide bonds. The zero-order chi connectivity index (χ0) is 10.1. The minimum absolute atomic E-state index is 0.641. The Labute approximate surface area is 87.6 Å². The second-order valence-corrected chi connectivity index (χ2v) is 4.40. The van der Waals surface area contributed by atoms with E-state index in [1.54, 1.807) is 37.6 Å². The summed E-state index contributed by atoms with van der Waals surface area (Å²) in [5.41, 5.74) is 11.0. The van der Waals surface area contributed by atoms with E-state index in [1.165, 1.54) is 0 Å². The molecule has 0 radical (unpaired) electrons. The molecule has 0 aromatic heterocycles. The van der Waals surface area contributed by atoms with Crippen molar-refractivity contribution in [3.8, 4) is 0 Å². The van der Waals surface area contributed by atoms with E-state index in [2.05, 4.69) is 9.98 Å². The van der Waals surface area contributed by atoms with Crippen LogP contribution < -0.4 is 11.5 Å². The molecule has 4 nitrogen and oxygen atoms in total. The number of amidine groups is 2. The van der Waals surface area contributed by atoms with Crippen LogP contribution in [-0.2, 0) is 0 Å². The van der Waals surface area contributed by atoms with Crippen molar-refractivity contribution in [3.05, 3.63) is 0 Å². The summed E-state index contributed by atoms with van der Waals surface area (Å²) in [5.74, 6) is 1.96. The lowest BCUT2D eigenvalue weighted by Gasteiger charge is -2.00. The van der Waals surface area contributed by atoms with Crippen LogP contribution in [0, 0.1) is 0 Å². The molecule has 0 aromatic carbocycles. The average Bonchev–Trinajstić information content (AvgIpc) is 2.16. The summed E-state index contributed by atoms with van der Waals surface area (Å²) in [4.78, 5) is 7.68. The van der Waals surface area contributed by atoms with E-state index in [9.17, 15) is 0 Å². The average molecular weight is 220 g/mol. The number of hydrogen-bond acceptors (Lipinski definition) is 4. The number of nitrogens with two attached hydrogens (primary N) is 2. The molecule has 0 saturated heterocycles. The van der Waals surface area contributed by atoms with Gasteiger partial charge in [0.2, 0.25) is 0 Å². The van der Waals surface area contributed by atoms with Gasteiger partial charge >= 0.3 is 0 Å². The molecular formula is C7H16N4S2. The van der Waals surface area contributed by atoms with E-state index in [1.807, 2.05) is 0 Å². The minimum atomic E-state index is 0.641. The summed E-state index contributed by atoms with van der Waals surface area (Å²) < 4.78 is 0. The molecule has 6 heteroatoms. The van der Waals surface area contributed by atoms with Gasteiger partial charge in [-0.3, -0.25) is 9.98 Å². The predicted octanol–water partition coefficient (Wildman–Crippen LogP) is 0.732. The molecular weight excluding hydrogens is 204 g/mol. The maximum Gasteiger partial charge on any atom is 0.153 e. The highest BCUT2D eigenvalue weighted by atomic mass is 32.2. The second kappa shape index (κ2) is 8.25. The first kappa shape index (κ1) is 12.6. The van der Waals surface area contributed by atoms with Crippen LogP contribution in [0.4, 0.5) is 0 Å². The number of nitrogens with zero attached hydrogens (tertiary/aromatic N) is 2. The van der Waals surface area contributed by atoms with Gasteiger partial charge in [-0.1, -0.05) is 23.5 Å². The lowest BCUT2D eigenvalue weighted by molar-refractivity contribution is 1.13. The molecule has 0 saturated carbocycles. The van der Waals surface area contributed by atoms with Crippen LogP contribution in [0.1, 0.15) is 6.42 Å². The summed E-state index contributed by atoms with van der Waals surface area (Å²) in [6.45, 7) is 0. The van der Waals surface area contributed by atoms with Crippen LogP contribution in [0.25, 0.3) is 0 Å². The molecule has 0 aliphatic rings. The maximum atomic E-state index is 5.50. The Morgan fingerprint density at radius 3 is 1.69 bits per heavy atom. The third kappa shape index (κ3) is 7.98. The summed E-state index contributed by atoms with van der Waals surface area (Å²) >= 11 is 3.14. The number of hydrogen-bond donors (Lipinski definition) is 2. The van der Waals surface area contributed by atoms with Crippen LogP contribution >= 0.6 is 23.5 Å². The first-order valence-electron chi connectivity index (χ1n) is 3.90. The number of rotatable bonds is 4. The molecule has 0 aliphatic heterocycles. The van der Waals surface area contributed by atoms with Crippen molar-refractivity contribution in [1.29, 1.82) is 0 Å². The topological polar surface area (TPSA) is 76.8 Å². The fraction of sp³-hybridized carbons (Fsp3) is 0.714. The summed E-state index contributed by atoms with van der Waals surface area (Å²) in [5, 5.41) is 1.28. The van der Waals surface area contributed by atoms with E-state index in [4.69, 9.17) is 11.5 Å². The Balaban J connectivity index is 3.27. The molecule has 0 spiro atoms. The lowest BCUT2D eigenvalue weighted by atomic mass is 10.6. The molecule has 0 rings (SSSR count). The third-order valence-electron chi connectivity index (χ3n) is 1.23. The van der Waals surface area contributed by atoms with Crippen molar-refractivity contribution < 1.29 is 0 Å². The van der Waals surface area contributed by atoms with Gasteiger partial charge in [0.1, 0.15) is 0 Å². The van der Waals surface area contributed by atoms with Crippen molar-refractivity contribution in [3.63, 3.8) is 0 Å². The molecule has 0 bridgehead atoms. The molecule has 0 heterocycles. The van der Waals surface area contributed by atoms with Gasteiger partial charge in [-0.05, 0) is 6.42 Å². The number of aliphatic imine (C=N–C) groups is 2. The molecule has 0 unspecified atom stereocenters. The van der Waals surface area contributed by atoms with Crippen LogP contribution in [0.15, 0.2) is 9.98 Å². The highest BCUT2D eigenvalue weighted by Crippen LogP contribution is 2.07.